The second-order valence-corrected chi connectivity index (χ2v) is 7.45. The van der Waals surface area contributed by atoms with Crippen LogP contribution in [0.15, 0.2) is 17.3 Å². The molecule has 0 amide bonds. The van der Waals surface area contributed by atoms with E-state index in [2.05, 4.69) is 5.10 Å². The van der Waals surface area contributed by atoms with Gasteiger partial charge in [-0.1, -0.05) is 6.92 Å². The Labute approximate surface area is 124 Å². The number of hydrogen-bond donors (Lipinski definition) is 0. The van der Waals surface area contributed by atoms with Crippen molar-refractivity contribution in [1.29, 1.82) is 0 Å². The van der Waals surface area contributed by atoms with Crippen LogP contribution in [0.5, 0.6) is 0 Å². The maximum atomic E-state index is 12.5. The number of thioether (sulfide) groups is 1. The Morgan fingerprint density at radius 3 is 2.79 bits per heavy atom. The predicted molar refractivity (Wildman–Crippen MR) is 80.4 cm³/mol. The van der Waals surface area contributed by atoms with Crippen molar-refractivity contribution in [2.45, 2.75) is 30.8 Å². The molecule has 8 heteroatoms. The number of aromatic nitrogens is 2. The van der Waals surface area contributed by atoms with E-state index in [-0.39, 0.29) is 10.9 Å². The van der Waals surface area contributed by atoms with E-state index in [1.165, 1.54) is 16.7 Å². The fourth-order valence-electron chi connectivity index (χ4n) is 1.72. The smallest absolute Gasteiger partial charge is 0.246 e. The van der Waals surface area contributed by atoms with E-state index in [0.29, 0.717) is 12.4 Å². The molecule has 1 atom stereocenters. The second kappa shape index (κ2) is 7.52. The summed E-state index contributed by atoms with van der Waals surface area (Å²) >= 11 is 7.26. The Kier molecular flexibility index (Phi) is 6.65. The molecule has 5 nitrogen and oxygen atoms in total. The van der Waals surface area contributed by atoms with Crippen LogP contribution in [0.1, 0.15) is 13.3 Å². The average molecular weight is 326 g/mol. The van der Waals surface area contributed by atoms with Crippen molar-refractivity contribution in [2.75, 3.05) is 24.9 Å². The minimum Gasteiger partial charge on any atom is -0.270 e. The third-order valence-electron chi connectivity index (χ3n) is 2.94. The summed E-state index contributed by atoms with van der Waals surface area (Å²) in [7, 11) is -1.85. The van der Waals surface area contributed by atoms with Crippen molar-refractivity contribution in [3.63, 3.8) is 0 Å². The maximum absolute atomic E-state index is 12.5. The molecule has 0 aromatic carbocycles. The molecule has 1 heterocycles. The lowest BCUT2D eigenvalue weighted by atomic mass is 10.3. The third-order valence-corrected chi connectivity index (χ3v) is 5.69. The van der Waals surface area contributed by atoms with Gasteiger partial charge in [-0.15, -0.1) is 11.6 Å². The van der Waals surface area contributed by atoms with Crippen LogP contribution >= 0.6 is 23.4 Å². The standard InChI is InChI=1S/C11H20ClN3O2S2/c1-4-10(9-18-3)14(2)19(16,17)11-7-13-15(8-11)6-5-12/h7-8,10H,4-6,9H2,1-3H3. The zero-order valence-electron chi connectivity index (χ0n) is 11.4. The number of aryl methyl sites for hydroxylation is 1. The number of halogens is 1. The summed E-state index contributed by atoms with van der Waals surface area (Å²) in [5, 5.41) is 4.01. The Balaban J connectivity index is 2.94. The van der Waals surface area contributed by atoms with Crippen LogP contribution < -0.4 is 0 Å². The molecule has 0 spiro atoms. The number of sulfonamides is 1. The normalized spacial score (nSPS) is 13.9. The van der Waals surface area contributed by atoms with Gasteiger partial charge in [0.25, 0.3) is 0 Å². The fraction of sp³-hybridized carbons (Fsp3) is 0.727. The van der Waals surface area contributed by atoms with Gasteiger partial charge in [0.2, 0.25) is 10.0 Å². The van der Waals surface area contributed by atoms with Crippen LogP contribution in [0.4, 0.5) is 0 Å². The molecular weight excluding hydrogens is 306 g/mol. The van der Waals surface area contributed by atoms with E-state index < -0.39 is 10.0 Å². The molecule has 110 valence electrons. The van der Waals surface area contributed by atoms with Gasteiger partial charge in [-0.25, -0.2) is 8.42 Å². The van der Waals surface area contributed by atoms with Gasteiger partial charge < -0.3 is 0 Å². The highest BCUT2D eigenvalue weighted by atomic mass is 35.5. The average Bonchev–Trinajstić information content (AvgIpc) is 2.85. The van der Waals surface area contributed by atoms with Gasteiger partial charge in [0.05, 0.1) is 12.7 Å². The Morgan fingerprint density at radius 1 is 1.58 bits per heavy atom. The molecule has 1 unspecified atom stereocenters. The van der Waals surface area contributed by atoms with Gasteiger partial charge in [-0.3, -0.25) is 4.68 Å². The van der Waals surface area contributed by atoms with Crippen molar-refractivity contribution in [3.05, 3.63) is 12.4 Å². The third kappa shape index (κ3) is 4.11. The lowest BCUT2D eigenvalue weighted by Crippen LogP contribution is -2.38. The molecule has 0 N–H and O–H groups in total. The van der Waals surface area contributed by atoms with E-state index in [1.54, 1.807) is 23.5 Å². The predicted octanol–water partition coefficient (Wildman–Crippen LogP) is 1.88. The Bertz CT molecular complexity index is 490. The van der Waals surface area contributed by atoms with Crippen molar-refractivity contribution >= 4 is 33.4 Å². The van der Waals surface area contributed by atoms with E-state index in [0.717, 1.165) is 12.2 Å². The van der Waals surface area contributed by atoms with Crippen molar-refractivity contribution < 1.29 is 8.42 Å². The molecule has 0 saturated heterocycles. The number of rotatable bonds is 8. The summed E-state index contributed by atoms with van der Waals surface area (Å²) < 4.78 is 27.9. The first-order valence-electron chi connectivity index (χ1n) is 6.02. The maximum Gasteiger partial charge on any atom is 0.246 e. The zero-order chi connectivity index (χ0) is 14.5. The molecule has 0 aliphatic carbocycles. The first kappa shape index (κ1) is 16.8. The van der Waals surface area contributed by atoms with Crippen LogP contribution in [0, 0.1) is 0 Å². The van der Waals surface area contributed by atoms with Crippen molar-refractivity contribution in [2.24, 2.45) is 0 Å². The fourth-order valence-corrected chi connectivity index (χ4v) is 4.22. The number of alkyl halides is 1. The zero-order valence-corrected chi connectivity index (χ0v) is 13.8. The van der Waals surface area contributed by atoms with E-state index in [9.17, 15) is 8.42 Å². The van der Waals surface area contributed by atoms with E-state index in [4.69, 9.17) is 11.6 Å². The molecule has 19 heavy (non-hydrogen) atoms. The van der Waals surface area contributed by atoms with Gasteiger partial charge in [0.1, 0.15) is 4.90 Å². The largest absolute Gasteiger partial charge is 0.270 e. The van der Waals surface area contributed by atoms with Crippen LogP contribution in [-0.4, -0.2) is 53.5 Å². The molecule has 0 saturated carbocycles. The topological polar surface area (TPSA) is 55.2 Å². The van der Waals surface area contributed by atoms with Gasteiger partial charge in [-0.05, 0) is 12.7 Å². The molecule has 0 aliphatic heterocycles. The summed E-state index contributed by atoms with van der Waals surface area (Å²) in [6.45, 7) is 2.49. The molecule has 0 aliphatic rings. The van der Waals surface area contributed by atoms with Gasteiger partial charge >= 0.3 is 0 Å². The number of nitrogens with zero attached hydrogens (tertiary/aromatic N) is 3. The Morgan fingerprint density at radius 2 is 2.26 bits per heavy atom. The SMILES string of the molecule is CCC(CSC)N(C)S(=O)(=O)c1cnn(CCCl)c1. The van der Waals surface area contributed by atoms with Crippen LogP contribution in [0.25, 0.3) is 0 Å². The molecule has 1 aromatic rings. The second-order valence-electron chi connectivity index (χ2n) is 4.17. The first-order valence-corrected chi connectivity index (χ1v) is 9.39. The van der Waals surface area contributed by atoms with E-state index >= 15 is 0 Å². The minimum absolute atomic E-state index is 0.00335. The monoisotopic (exact) mass is 325 g/mol. The highest BCUT2D eigenvalue weighted by Gasteiger charge is 2.27. The van der Waals surface area contributed by atoms with Crippen molar-refractivity contribution in [3.8, 4) is 0 Å². The van der Waals surface area contributed by atoms with Crippen molar-refractivity contribution in [1.82, 2.24) is 14.1 Å². The molecule has 0 bridgehead atoms. The summed E-state index contributed by atoms with van der Waals surface area (Å²) in [6, 6.07) is -0.00335. The highest BCUT2D eigenvalue weighted by molar-refractivity contribution is 7.98. The van der Waals surface area contributed by atoms with Crippen LogP contribution in [0.2, 0.25) is 0 Å². The summed E-state index contributed by atoms with van der Waals surface area (Å²) in [5.74, 6) is 1.18. The molecule has 1 aromatic heterocycles. The van der Waals surface area contributed by atoms with Gasteiger partial charge in [0.15, 0.2) is 0 Å². The lowest BCUT2D eigenvalue weighted by molar-refractivity contribution is 0.385. The van der Waals surface area contributed by atoms with Gasteiger partial charge in [0, 0.05) is 30.9 Å². The summed E-state index contributed by atoms with van der Waals surface area (Å²) in [5.41, 5.74) is 0. The molecular formula is C11H20ClN3O2S2. The van der Waals surface area contributed by atoms with Crippen LogP contribution in [0.3, 0.4) is 0 Å². The number of hydrogen-bond acceptors (Lipinski definition) is 4. The summed E-state index contributed by atoms with van der Waals surface area (Å²) in [6.07, 6.45) is 5.66. The Hall–Kier alpha value is -0.240. The highest BCUT2D eigenvalue weighted by Crippen LogP contribution is 2.19. The molecule has 0 radical (unpaired) electrons. The molecule has 0 fully saturated rings. The quantitative estimate of drug-likeness (QED) is 0.685. The van der Waals surface area contributed by atoms with Gasteiger partial charge in [-0.2, -0.15) is 21.2 Å². The summed E-state index contributed by atoms with van der Waals surface area (Å²) in [4.78, 5) is 0.222. The lowest BCUT2D eigenvalue weighted by Gasteiger charge is -2.25. The van der Waals surface area contributed by atoms with Crippen LogP contribution in [-0.2, 0) is 16.6 Å². The minimum atomic E-state index is -3.48. The van der Waals surface area contributed by atoms with E-state index in [1.807, 2.05) is 13.2 Å². The molecule has 1 rings (SSSR count). The first-order chi connectivity index (χ1) is 8.97.